The van der Waals surface area contributed by atoms with Gasteiger partial charge in [0, 0.05) is 0 Å². The Labute approximate surface area is 59.7 Å². The van der Waals surface area contributed by atoms with E-state index in [1.165, 1.54) is 12.8 Å². The maximum atomic E-state index is 2.41. The zero-order chi connectivity index (χ0) is 7.07. The van der Waals surface area contributed by atoms with E-state index < -0.39 is 0 Å². The lowest BCUT2D eigenvalue weighted by Gasteiger charge is -2.10. The Morgan fingerprint density at radius 3 is 1.44 bits per heavy atom. The first-order chi connectivity index (χ1) is 4.14. The molecule has 0 N–H and O–H groups in total. The van der Waals surface area contributed by atoms with Crippen molar-refractivity contribution in [3.8, 4) is 0 Å². The van der Waals surface area contributed by atoms with Crippen LogP contribution in [0.1, 0.15) is 26.7 Å². The predicted octanol–water partition coefficient (Wildman–Crippen LogP) is 3.10. The van der Waals surface area contributed by atoms with Crippen LogP contribution < -0.4 is 0 Å². The molecule has 0 atom stereocenters. The second-order valence-corrected chi connectivity index (χ2v) is 6.52. The number of hydrogen-bond acceptors (Lipinski definition) is 0. The highest BCUT2D eigenvalue weighted by molar-refractivity contribution is 8.44. The summed E-state index contributed by atoms with van der Waals surface area (Å²) < 4.78 is 0. The Morgan fingerprint density at radius 1 is 1.00 bits per heavy atom. The van der Waals surface area contributed by atoms with Crippen molar-refractivity contribution in [3.05, 3.63) is 9.81 Å². The summed E-state index contributed by atoms with van der Waals surface area (Å²) in [6, 6.07) is 0. The van der Waals surface area contributed by atoms with Gasteiger partial charge in [0.15, 0.2) is 0 Å². The van der Waals surface area contributed by atoms with Crippen molar-refractivity contribution in [2.24, 2.45) is 0 Å². The third-order valence-electron chi connectivity index (χ3n) is 2.14. The Balaban J connectivity index is 2.61. The smallest absolute Gasteiger partial charge is 0.0212 e. The van der Waals surface area contributed by atoms with E-state index in [0.717, 1.165) is 0 Å². The van der Waals surface area contributed by atoms with E-state index in [0.29, 0.717) is 0 Å². The van der Waals surface area contributed by atoms with Gasteiger partial charge in [-0.15, -0.1) is 0 Å². The molecular formula is C8H16S. The standard InChI is InChI=1S/C8H16S/c1-5-7-8(6-2)9(7,3)4/h5-6H2,1-4H3. The van der Waals surface area contributed by atoms with Gasteiger partial charge in [-0.3, -0.25) is 0 Å². The van der Waals surface area contributed by atoms with Gasteiger partial charge in [0.25, 0.3) is 0 Å². The molecule has 0 amide bonds. The molecule has 1 heteroatoms. The van der Waals surface area contributed by atoms with Crippen LogP contribution in [-0.2, 0) is 0 Å². The molecule has 0 aromatic rings. The van der Waals surface area contributed by atoms with Crippen LogP contribution >= 0.6 is 10.0 Å². The van der Waals surface area contributed by atoms with Crippen LogP contribution in [0.3, 0.4) is 0 Å². The van der Waals surface area contributed by atoms with Crippen molar-refractivity contribution in [1.82, 2.24) is 0 Å². The summed E-state index contributed by atoms with van der Waals surface area (Å²) in [5.41, 5.74) is 0. The molecule has 0 unspecified atom stereocenters. The molecular weight excluding hydrogens is 128 g/mol. The lowest BCUT2D eigenvalue weighted by Crippen LogP contribution is -1.73. The molecule has 0 fully saturated rings. The van der Waals surface area contributed by atoms with Gasteiger partial charge in [-0.05, 0) is 35.2 Å². The first-order valence-corrected chi connectivity index (χ1v) is 6.05. The van der Waals surface area contributed by atoms with Crippen molar-refractivity contribution in [3.63, 3.8) is 0 Å². The van der Waals surface area contributed by atoms with Gasteiger partial charge in [-0.25, -0.2) is 0 Å². The highest BCUT2D eigenvalue weighted by Gasteiger charge is 2.36. The quantitative estimate of drug-likeness (QED) is 0.558. The minimum atomic E-state index is -0.265. The molecule has 9 heavy (non-hydrogen) atoms. The fourth-order valence-electron chi connectivity index (χ4n) is 1.61. The third kappa shape index (κ3) is 0.917. The van der Waals surface area contributed by atoms with Crippen molar-refractivity contribution in [2.45, 2.75) is 26.7 Å². The van der Waals surface area contributed by atoms with E-state index in [4.69, 9.17) is 0 Å². The minimum Gasteiger partial charge on any atom is -0.200 e. The second kappa shape index (κ2) is 2.05. The van der Waals surface area contributed by atoms with Crippen LogP contribution in [-0.4, -0.2) is 12.5 Å². The van der Waals surface area contributed by atoms with Crippen LogP contribution in [0.5, 0.6) is 0 Å². The number of hydrogen-bond donors (Lipinski definition) is 0. The molecule has 1 heterocycles. The fourth-order valence-corrected chi connectivity index (χ4v) is 4.83. The van der Waals surface area contributed by atoms with E-state index in [1.54, 1.807) is 9.81 Å². The Hall–Kier alpha value is 0.0900. The Bertz CT molecular complexity index is 138. The van der Waals surface area contributed by atoms with Gasteiger partial charge in [0.2, 0.25) is 0 Å². The molecule has 0 aromatic heterocycles. The molecule has 0 nitrogen and oxygen atoms in total. The SMILES string of the molecule is CCC1=C(CC)S1(C)C. The van der Waals surface area contributed by atoms with E-state index in [-0.39, 0.29) is 10.0 Å². The van der Waals surface area contributed by atoms with Gasteiger partial charge in [-0.1, -0.05) is 13.8 Å². The summed E-state index contributed by atoms with van der Waals surface area (Å²) in [6.07, 6.45) is 7.41. The molecule has 0 bridgehead atoms. The van der Waals surface area contributed by atoms with Crippen molar-refractivity contribution >= 4 is 10.0 Å². The summed E-state index contributed by atoms with van der Waals surface area (Å²) in [5, 5.41) is 0. The van der Waals surface area contributed by atoms with Crippen LogP contribution in [0, 0.1) is 0 Å². The first-order valence-electron chi connectivity index (χ1n) is 3.60. The molecule has 0 aromatic carbocycles. The molecule has 0 saturated heterocycles. The highest BCUT2D eigenvalue weighted by Crippen LogP contribution is 2.74. The topological polar surface area (TPSA) is 0 Å². The summed E-state index contributed by atoms with van der Waals surface area (Å²) in [5.74, 6) is 0. The van der Waals surface area contributed by atoms with Crippen molar-refractivity contribution in [2.75, 3.05) is 12.5 Å². The first kappa shape index (κ1) is 7.20. The normalized spacial score (nSPS) is 26.2. The lowest BCUT2D eigenvalue weighted by atomic mass is 10.4. The predicted molar refractivity (Wildman–Crippen MR) is 47.0 cm³/mol. The maximum absolute atomic E-state index is 2.41. The molecule has 0 spiro atoms. The highest BCUT2D eigenvalue weighted by atomic mass is 32.3. The van der Waals surface area contributed by atoms with E-state index in [2.05, 4.69) is 26.4 Å². The summed E-state index contributed by atoms with van der Waals surface area (Å²) >= 11 is 0. The van der Waals surface area contributed by atoms with E-state index in [9.17, 15) is 0 Å². The van der Waals surface area contributed by atoms with Crippen molar-refractivity contribution < 1.29 is 0 Å². The van der Waals surface area contributed by atoms with Gasteiger partial charge in [-0.2, -0.15) is 10.0 Å². The Kier molecular flexibility index (Phi) is 1.64. The summed E-state index contributed by atoms with van der Waals surface area (Å²) in [7, 11) is -0.265. The average Bonchev–Trinajstić information content (AvgIpc) is 2.32. The van der Waals surface area contributed by atoms with Crippen LogP contribution in [0.25, 0.3) is 0 Å². The van der Waals surface area contributed by atoms with Gasteiger partial charge >= 0.3 is 0 Å². The van der Waals surface area contributed by atoms with Crippen LogP contribution in [0.15, 0.2) is 9.81 Å². The number of rotatable bonds is 2. The summed E-state index contributed by atoms with van der Waals surface area (Å²) in [6.45, 7) is 4.54. The van der Waals surface area contributed by atoms with Crippen LogP contribution in [0.4, 0.5) is 0 Å². The zero-order valence-corrected chi connectivity index (χ0v) is 7.64. The molecule has 1 aliphatic heterocycles. The second-order valence-electron chi connectivity index (χ2n) is 2.88. The molecule has 1 rings (SSSR count). The summed E-state index contributed by atoms with van der Waals surface area (Å²) in [4.78, 5) is 3.56. The van der Waals surface area contributed by atoms with E-state index in [1.807, 2.05) is 0 Å². The monoisotopic (exact) mass is 144 g/mol. The average molecular weight is 144 g/mol. The maximum Gasteiger partial charge on any atom is -0.0212 e. The van der Waals surface area contributed by atoms with E-state index >= 15 is 0 Å². The molecule has 0 saturated carbocycles. The molecule has 1 aliphatic rings. The van der Waals surface area contributed by atoms with Crippen LogP contribution in [0.2, 0.25) is 0 Å². The van der Waals surface area contributed by atoms with Gasteiger partial charge in [0.1, 0.15) is 0 Å². The van der Waals surface area contributed by atoms with Crippen molar-refractivity contribution in [1.29, 1.82) is 0 Å². The molecule has 0 radical (unpaired) electrons. The minimum absolute atomic E-state index is 0.265. The lowest BCUT2D eigenvalue weighted by molar-refractivity contribution is 1.16. The largest absolute Gasteiger partial charge is 0.200 e. The third-order valence-corrected chi connectivity index (χ3v) is 5.47. The number of allylic oxidation sites excluding steroid dienone is 2. The van der Waals surface area contributed by atoms with Gasteiger partial charge < -0.3 is 0 Å². The zero-order valence-electron chi connectivity index (χ0n) is 6.82. The van der Waals surface area contributed by atoms with Gasteiger partial charge in [0.05, 0.1) is 0 Å². The Morgan fingerprint density at radius 2 is 1.33 bits per heavy atom. The molecule has 0 aliphatic carbocycles. The fraction of sp³-hybridized carbons (Fsp3) is 0.750. The molecule has 54 valence electrons.